The zero-order chi connectivity index (χ0) is 12.6. The molecule has 0 fully saturated rings. The highest BCUT2D eigenvalue weighted by Gasteiger charge is 1.86. The number of unbranched alkanes of at least 4 members (excludes halogenated alkanes) is 9. The van der Waals surface area contributed by atoms with Crippen molar-refractivity contribution < 1.29 is 0 Å². The lowest BCUT2D eigenvalue weighted by Crippen LogP contribution is -1.79. The molecule has 0 aliphatic heterocycles. The molecule has 0 amide bonds. The van der Waals surface area contributed by atoms with E-state index in [1.54, 1.807) is 0 Å². The first-order valence-electron chi connectivity index (χ1n) is 7.58. The SMILES string of the molecule is CCCCCCC=CN=CCCCCCCC. The van der Waals surface area contributed by atoms with E-state index >= 15 is 0 Å². The molecular formula is C16H31N. The van der Waals surface area contributed by atoms with Gasteiger partial charge in [-0.15, -0.1) is 0 Å². The summed E-state index contributed by atoms with van der Waals surface area (Å²) >= 11 is 0. The molecule has 100 valence electrons. The highest BCUT2D eigenvalue weighted by atomic mass is 14.7. The summed E-state index contributed by atoms with van der Waals surface area (Å²) in [4.78, 5) is 4.30. The predicted octanol–water partition coefficient (Wildman–Crippen LogP) is 5.90. The number of rotatable bonds is 12. The quantitative estimate of drug-likeness (QED) is 0.296. The van der Waals surface area contributed by atoms with Gasteiger partial charge in [-0.25, -0.2) is 0 Å². The van der Waals surface area contributed by atoms with E-state index in [2.05, 4.69) is 31.1 Å². The molecule has 0 saturated carbocycles. The Morgan fingerprint density at radius 3 is 2.00 bits per heavy atom. The molecule has 0 rings (SSSR count). The van der Waals surface area contributed by atoms with E-state index in [1.807, 2.05) is 6.20 Å². The van der Waals surface area contributed by atoms with E-state index in [4.69, 9.17) is 0 Å². The van der Waals surface area contributed by atoms with Crippen molar-refractivity contribution in [3.8, 4) is 0 Å². The highest BCUT2D eigenvalue weighted by Crippen LogP contribution is 2.04. The fraction of sp³-hybridized carbons (Fsp3) is 0.812. The van der Waals surface area contributed by atoms with E-state index in [1.165, 1.54) is 64.2 Å². The van der Waals surface area contributed by atoms with E-state index in [0.29, 0.717) is 0 Å². The Morgan fingerprint density at radius 2 is 1.29 bits per heavy atom. The Labute approximate surface area is 108 Å². The van der Waals surface area contributed by atoms with Gasteiger partial charge in [-0.3, -0.25) is 4.99 Å². The molecule has 0 aromatic carbocycles. The van der Waals surface area contributed by atoms with Crippen LogP contribution in [0.3, 0.4) is 0 Å². The molecule has 0 aromatic heterocycles. The van der Waals surface area contributed by atoms with Crippen LogP contribution in [0, 0.1) is 0 Å². The van der Waals surface area contributed by atoms with Gasteiger partial charge in [-0.05, 0) is 25.7 Å². The zero-order valence-electron chi connectivity index (χ0n) is 12.0. The monoisotopic (exact) mass is 237 g/mol. The third-order valence-corrected chi connectivity index (χ3v) is 2.96. The molecule has 0 radical (unpaired) electrons. The molecule has 1 nitrogen and oxygen atoms in total. The molecule has 0 aliphatic rings. The number of hydrogen-bond acceptors (Lipinski definition) is 1. The van der Waals surface area contributed by atoms with Crippen molar-refractivity contribution in [2.75, 3.05) is 0 Å². The van der Waals surface area contributed by atoms with Crippen LogP contribution < -0.4 is 0 Å². The molecule has 0 spiro atoms. The third-order valence-electron chi connectivity index (χ3n) is 2.96. The first-order chi connectivity index (χ1) is 8.41. The van der Waals surface area contributed by atoms with Gasteiger partial charge in [-0.1, -0.05) is 64.9 Å². The van der Waals surface area contributed by atoms with Gasteiger partial charge in [0.25, 0.3) is 0 Å². The van der Waals surface area contributed by atoms with Gasteiger partial charge >= 0.3 is 0 Å². The predicted molar refractivity (Wildman–Crippen MR) is 79.8 cm³/mol. The van der Waals surface area contributed by atoms with Crippen LogP contribution in [0.2, 0.25) is 0 Å². The Morgan fingerprint density at radius 1 is 0.706 bits per heavy atom. The first-order valence-corrected chi connectivity index (χ1v) is 7.58. The molecular weight excluding hydrogens is 206 g/mol. The second-order valence-corrected chi connectivity index (χ2v) is 4.77. The number of aliphatic imine (C=N–C) groups is 1. The van der Waals surface area contributed by atoms with Crippen LogP contribution >= 0.6 is 0 Å². The van der Waals surface area contributed by atoms with Gasteiger partial charge in [0.15, 0.2) is 0 Å². The summed E-state index contributed by atoms with van der Waals surface area (Å²) in [5.41, 5.74) is 0. The zero-order valence-corrected chi connectivity index (χ0v) is 12.0. The Bertz CT molecular complexity index is 182. The minimum absolute atomic E-state index is 1.14. The van der Waals surface area contributed by atoms with Crippen molar-refractivity contribution in [1.82, 2.24) is 0 Å². The van der Waals surface area contributed by atoms with E-state index in [9.17, 15) is 0 Å². The van der Waals surface area contributed by atoms with Crippen molar-refractivity contribution in [3.05, 3.63) is 12.3 Å². The van der Waals surface area contributed by atoms with E-state index in [0.717, 1.165) is 6.42 Å². The summed E-state index contributed by atoms with van der Waals surface area (Å²) in [6.45, 7) is 4.51. The Kier molecular flexibility index (Phi) is 14.9. The van der Waals surface area contributed by atoms with E-state index < -0.39 is 0 Å². The van der Waals surface area contributed by atoms with Crippen LogP contribution in [-0.2, 0) is 0 Å². The van der Waals surface area contributed by atoms with Crippen LogP contribution in [0.1, 0.15) is 84.5 Å². The number of allylic oxidation sites excluding steroid dienone is 1. The van der Waals surface area contributed by atoms with Crippen molar-refractivity contribution in [2.45, 2.75) is 84.5 Å². The first kappa shape index (κ1) is 16.4. The van der Waals surface area contributed by atoms with Crippen LogP contribution in [-0.4, -0.2) is 6.21 Å². The normalized spacial score (nSPS) is 11.9. The molecule has 0 aromatic rings. The van der Waals surface area contributed by atoms with Crippen LogP contribution in [0.4, 0.5) is 0 Å². The molecule has 0 saturated heterocycles. The summed E-state index contributed by atoms with van der Waals surface area (Å²) in [5.74, 6) is 0. The Hall–Kier alpha value is -0.590. The second kappa shape index (κ2) is 15.4. The summed E-state index contributed by atoms with van der Waals surface area (Å²) in [5, 5.41) is 0. The lowest BCUT2D eigenvalue weighted by Gasteiger charge is -1.95. The molecule has 17 heavy (non-hydrogen) atoms. The van der Waals surface area contributed by atoms with E-state index in [-0.39, 0.29) is 0 Å². The Balaban J connectivity index is 3.15. The van der Waals surface area contributed by atoms with Gasteiger partial charge in [0.2, 0.25) is 0 Å². The van der Waals surface area contributed by atoms with Gasteiger partial charge in [0, 0.05) is 12.4 Å². The van der Waals surface area contributed by atoms with Gasteiger partial charge < -0.3 is 0 Å². The lowest BCUT2D eigenvalue weighted by molar-refractivity contribution is 0.645. The smallest absolute Gasteiger partial charge is 0.0223 e. The molecule has 0 atom stereocenters. The van der Waals surface area contributed by atoms with Gasteiger partial charge in [0.1, 0.15) is 0 Å². The maximum absolute atomic E-state index is 4.30. The fourth-order valence-corrected chi connectivity index (χ4v) is 1.80. The van der Waals surface area contributed by atoms with Crippen LogP contribution in [0.25, 0.3) is 0 Å². The third kappa shape index (κ3) is 15.4. The topological polar surface area (TPSA) is 12.4 Å². The van der Waals surface area contributed by atoms with Crippen molar-refractivity contribution in [2.24, 2.45) is 4.99 Å². The van der Waals surface area contributed by atoms with Crippen molar-refractivity contribution in [3.63, 3.8) is 0 Å². The number of nitrogens with zero attached hydrogens (tertiary/aromatic N) is 1. The second-order valence-electron chi connectivity index (χ2n) is 4.77. The molecule has 0 N–H and O–H groups in total. The average molecular weight is 237 g/mol. The fourth-order valence-electron chi connectivity index (χ4n) is 1.80. The van der Waals surface area contributed by atoms with Crippen LogP contribution in [0.5, 0.6) is 0 Å². The maximum Gasteiger partial charge on any atom is 0.0223 e. The molecule has 0 heterocycles. The van der Waals surface area contributed by atoms with Gasteiger partial charge in [-0.2, -0.15) is 0 Å². The van der Waals surface area contributed by atoms with Crippen LogP contribution in [0.15, 0.2) is 17.3 Å². The maximum atomic E-state index is 4.30. The minimum Gasteiger partial charge on any atom is -0.269 e. The molecule has 0 aliphatic carbocycles. The lowest BCUT2D eigenvalue weighted by atomic mass is 10.1. The highest BCUT2D eigenvalue weighted by molar-refractivity contribution is 5.57. The standard InChI is InChI=1S/C16H31N/c1-3-5-7-9-11-13-15-17-16-14-12-10-8-6-4-2/h13,15-16H,3-12,14H2,1-2H3. The minimum atomic E-state index is 1.14. The summed E-state index contributed by atoms with van der Waals surface area (Å²) in [6, 6.07) is 0. The molecule has 0 bridgehead atoms. The van der Waals surface area contributed by atoms with Crippen molar-refractivity contribution >= 4 is 6.21 Å². The van der Waals surface area contributed by atoms with Crippen molar-refractivity contribution in [1.29, 1.82) is 0 Å². The average Bonchev–Trinajstić information content (AvgIpc) is 2.35. The molecule has 1 heteroatoms. The van der Waals surface area contributed by atoms with Gasteiger partial charge in [0.05, 0.1) is 0 Å². The molecule has 0 unspecified atom stereocenters. The number of hydrogen-bond donors (Lipinski definition) is 0. The summed E-state index contributed by atoms with van der Waals surface area (Å²) in [7, 11) is 0. The summed E-state index contributed by atoms with van der Waals surface area (Å²) in [6.07, 6.45) is 20.7. The largest absolute Gasteiger partial charge is 0.269 e. The summed E-state index contributed by atoms with van der Waals surface area (Å²) < 4.78 is 0.